The van der Waals surface area contributed by atoms with E-state index in [1.54, 1.807) is 0 Å². The van der Waals surface area contributed by atoms with Crippen molar-refractivity contribution in [3.8, 4) is 11.4 Å². The first-order chi connectivity index (χ1) is 8.11. The summed E-state index contributed by atoms with van der Waals surface area (Å²) in [6.07, 6.45) is 1.81. The van der Waals surface area contributed by atoms with Crippen LogP contribution in [-0.4, -0.2) is 17.0 Å². The molecule has 1 aromatic heterocycles. The predicted molar refractivity (Wildman–Crippen MR) is 79.5 cm³/mol. The van der Waals surface area contributed by atoms with Gasteiger partial charge in [-0.25, -0.2) is 9.97 Å². The summed E-state index contributed by atoms with van der Waals surface area (Å²) in [5.74, 6) is 1.55. The van der Waals surface area contributed by atoms with Gasteiger partial charge in [-0.05, 0) is 53.3 Å². The molecule has 5 heteroatoms. The van der Waals surface area contributed by atoms with Gasteiger partial charge in [0.2, 0.25) is 0 Å². The molecule has 1 N–H and O–H groups in total. The van der Waals surface area contributed by atoms with Crippen molar-refractivity contribution >= 4 is 40.0 Å². The molecule has 1 heterocycles. The van der Waals surface area contributed by atoms with Crippen LogP contribution in [0.4, 0.5) is 5.82 Å². The highest BCUT2D eigenvalue weighted by molar-refractivity contribution is 14.1. The molecule has 0 fully saturated rings. The molecule has 0 aliphatic rings. The Bertz CT molecular complexity index is 557. The Hall–Kier alpha value is -0.880. The number of nitrogens with one attached hydrogen (secondary N) is 1. The lowest BCUT2D eigenvalue weighted by Crippen LogP contribution is -2.00. The zero-order valence-electron chi connectivity index (χ0n) is 9.46. The van der Waals surface area contributed by atoms with Gasteiger partial charge in [-0.15, -0.1) is 0 Å². The van der Waals surface area contributed by atoms with Crippen molar-refractivity contribution in [2.75, 3.05) is 12.4 Å². The maximum Gasteiger partial charge on any atom is 0.161 e. The Morgan fingerprint density at radius 1 is 1.35 bits per heavy atom. The van der Waals surface area contributed by atoms with E-state index in [9.17, 15) is 0 Å². The Balaban J connectivity index is 2.53. The van der Waals surface area contributed by atoms with Gasteiger partial charge in [0.15, 0.2) is 5.82 Å². The first kappa shape index (κ1) is 12.6. The molecule has 0 amide bonds. The fourth-order valence-corrected chi connectivity index (χ4v) is 2.31. The summed E-state index contributed by atoms with van der Waals surface area (Å²) in [7, 11) is 1.85. The van der Waals surface area contributed by atoms with E-state index < -0.39 is 0 Å². The van der Waals surface area contributed by atoms with Gasteiger partial charge in [-0.2, -0.15) is 0 Å². The quantitative estimate of drug-likeness (QED) is 0.830. The van der Waals surface area contributed by atoms with Crippen molar-refractivity contribution in [3.05, 3.63) is 38.6 Å². The largest absolute Gasteiger partial charge is 0.372 e. The van der Waals surface area contributed by atoms with E-state index in [4.69, 9.17) is 11.6 Å². The van der Waals surface area contributed by atoms with E-state index >= 15 is 0 Å². The molecule has 0 aliphatic carbocycles. The molecule has 0 unspecified atom stereocenters. The summed E-state index contributed by atoms with van der Waals surface area (Å²) in [6, 6.07) is 5.71. The monoisotopic (exact) mass is 359 g/mol. The molecule has 0 saturated heterocycles. The molecular weight excluding hydrogens is 349 g/mol. The number of aryl methyl sites for hydroxylation is 1. The van der Waals surface area contributed by atoms with E-state index in [0.717, 1.165) is 25.5 Å². The Morgan fingerprint density at radius 2 is 2.12 bits per heavy atom. The Kier molecular flexibility index (Phi) is 3.83. The molecule has 0 bridgehead atoms. The lowest BCUT2D eigenvalue weighted by atomic mass is 10.1. The number of rotatable bonds is 2. The lowest BCUT2D eigenvalue weighted by Gasteiger charge is -2.08. The number of benzene rings is 1. The third-order valence-electron chi connectivity index (χ3n) is 2.41. The van der Waals surface area contributed by atoms with E-state index in [0.29, 0.717) is 5.82 Å². The highest BCUT2D eigenvalue weighted by atomic mass is 127. The van der Waals surface area contributed by atoms with Crippen LogP contribution in [0.2, 0.25) is 5.02 Å². The highest BCUT2D eigenvalue weighted by Crippen LogP contribution is 2.25. The molecule has 0 radical (unpaired) electrons. The zero-order valence-corrected chi connectivity index (χ0v) is 12.4. The summed E-state index contributed by atoms with van der Waals surface area (Å²) in [5, 5.41) is 3.78. The number of halogens is 2. The third-order valence-corrected chi connectivity index (χ3v) is 3.43. The maximum atomic E-state index is 5.93. The minimum absolute atomic E-state index is 0.712. The first-order valence-corrected chi connectivity index (χ1v) is 6.54. The summed E-state index contributed by atoms with van der Waals surface area (Å²) >= 11 is 8.14. The van der Waals surface area contributed by atoms with Gasteiger partial charge in [-0.3, -0.25) is 0 Å². The molecular formula is C12H11ClIN3. The van der Waals surface area contributed by atoms with Gasteiger partial charge in [0.1, 0.15) is 5.82 Å². The first-order valence-electron chi connectivity index (χ1n) is 5.08. The average Bonchev–Trinajstić information content (AvgIpc) is 2.30. The van der Waals surface area contributed by atoms with Crippen molar-refractivity contribution in [1.29, 1.82) is 0 Å². The molecule has 17 heavy (non-hydrogen) atoms. The molecule has 1 aromatic carbocycles. The van der Waals surface area contributed by atoms with Crippen LogP contribution in [0.1, 0.15) is 5.56 Å². The minimum Gasteiger partial charge on any atom is -0.372 e. The summed E-state index contributed by atoms with van der Waals surface area (Å²) < 4.78 is 1.00. The Morgan fingerprint density at radius 3 is 2.76 bits per heavy atom. The molecule has 0 spiro atoms. The Labute approximate surface area is 119 Å². The van der Waals surface area contributed by atoms with E-state index in [2.05, 4.69) is 37.9 Å². The van der Waals surface area contributed by atoms with E-state index in [-0.39, 0.29) is 0 Å². The van der Waals surface area contributed by atoms with Crippen LogP contribution in [0, 0.1) is 10.5 Å². The van der Waals surface area contributed by atoms with Gasteiger partial charge in [0.05, 0.1) is 3.57 Å². The molecule has 2 rings (SSSR count). The molecule has 2 aromatic rings. The zero-order chi connectivity index (χ0) is 12.4. The summed E-state index contributed by atoms with van der Waals surface area (Å²) in [4.78, 5) is 8.82. The van der Waals surface area contributed by atoms with Crippen molar-refractivity contribution in [1.82, 2.24) is 9.97 Å². The van der Waals surface area contributed by atoms with Gasteiger partial charge < -0.3 is 5.32 Å². The van der Waals surface area contributed by atoms with Crippen LogP contribution in [0.25, 0.3) is 11.4 Å². The van der Waals surface area contributed by atoms with Crippen LogP contribution in [0.5, 0.6) is 0 Å². The molecule has 0 aliphatic heterocycles. The molecule has 88 valence electrons. The average molecular weight is 360 g/mol. The fourth-order valence-electron chi connectivity index (χ4n) is 1.55. The number of anilines is 1. The van der Waals surface area contributed by atoms with Gasteiger partial charge >= 0.3 is 0 Å². The second-order valence-corrected chi connectivity index (χ2v) is 5.20. The minimum atomic E-state index is 0.712. The third kappa shape index (κ3) is 2.69. The van der Waals surface area contributed by atoms with Crippen LogP contribution in [0.3, 0.4) is 0 Å². The SMILES string of the molecule is CNc1nc(-c2ccc(Cl)cc2C)ncc1I. The number of hydrogen-bond donors (Lipinski definition) is 1. The van der Waals surface area contributed by atoms with Crippen LogP contribution < -0.4 is 5.32 Å². The molecule has 0 saturated carbocycles. The van der Waals surface area contributed by atoms with Crippen molar-refractivity contribution in [2.24, 2.45) is 0 Å². The fraction of sp³-hybridized carbons (Fsp3) is 0.167. The normalized spacial score (nSPS) is 10.4. The second-order valence-electron chi connectivity index (χ2n) is 3.60. The van der Waals surface area contributed by atoms with Gasteiger partial charge in [0.25, 0.3) is 0 Å². The number of aromatic nitrogens is 2. The smallest absolute Gasteiger partial charge is 0.161 e. The van der Waals surface area contributed by atoms with Crippen LogP contribution in [-0.2, 0) is 0 Å². The topological polar surface area (TPSA) is 37.8 Å². The van der Waals surface area contributed by atoms with E-state index in [1.807, 2.05) is 38.4 Å². The van der Waals surface area contributed by atoms with Crippen molar-refractivity contribution in [2.45, 2.75) is 6.92 Å². The standard InChI is InChI=1S/C12H11ClIN3/c1-7-5-8(13)3-4-9(7)11-16-6-10(14)12(15-2)17-11/h3-6H,1-2H3,(H,15,16,17). The van der Waals surface area contributed by atoms with E-state index in [1.165, 1.54) is 0 Å². The van der Waals surface area contributed by atoms with Gasteiger partial charge in [-0.1, -0.05) is 11.6 Å². The number of nitrogens with zero attached hydrogens (tertiary/aromatic N) is 2. The summed E-state index contributed by atoms with van der Waals surface area (Å²) in [6.45, 7) is 2.00. The predicted octanol–water partition coefficient (Wildman–Crippen LogP) is 3.75. The van der Waals surface area contributed by atoms with Gasteiger partial charge in [0, 0.05) is 23.8 Å². The molecule has 0 atom stereocenters. The highest BCUT2D eigenvalue weighted by Gasteiger charge is 2.08. The molecule has 3 nitrogen and oxygen atoms in total. The van der Waals surface area contributed by atoms with Crippen molar-refractivity contribution < 1.29 is 0 Å². The van der Waals surface area contributed by atoms with Crippen LogP contribution in [0.15, 0.2) is 24.4 Å². The second kappa shape index (κ2) is 5.18. The number of hydrogen-bond acceptors (Lipinski definition) is 3. The maximum absolute atomic E-state index is 5.93. The summed E-state index contributed by atoms with van der Waals surface area (Å²) in [5.41, 5.74) is 2.07. The van der Waals surface area contributed by atoms with Crippen LogP contribution >= 0.6 is 34.2 Å². The van der Waals surface area contributed by atoms with Crippen molar-refractivity contribution in [3.63, 3.8) is 0 Å². The lowest BCUT2D eigenvalue weighted by molar-refractivity contribution is 1.14.